The second-order valence-electron chi connectivity index (χ2n) is 4.36. The Hall–Kier alpha value is -1.03. The van der Waals surface area contributed by atoms with E-state index in [-0.39, 0.29) is 5.54 Å². The molecule has 0 unspecified atom stereocenters. The van der Waals surface area contributed by atoms with Crippen molar-refractivity contribution >= 4 is 5.82 Å². The highest BCUT2D eigenvalue weighted by Crippen LogP contribution is 2.29. The molecule has 1 aliphatic rings. The molecule has 1 fully saturated rings. The highest BCUT2D eigenvalue weighted by Gasteiger charge is 2.32. The first-order valence-corrected chi connectivity index (χ1v) is 5.12. The molecule has 3 N–H and O–H groups in total. The fraction of sp³-hybridized carbons (Fsp3) is 0.700. The summed E-state index contributed by atoms with van der Waals surface area (Å²) in [6.45, 7) is 2.88. The van der Waals surface area contributed by atoms with Gasteiger partial charge < -0.3 is 11.1 Å². The summed E-state index contributed by atoms with van der Waals surface area (Å²) in [6.07, 6.45) is 3.52. The van der Waals surface area contributed by atoms with Crippen LogP contribution >= 0.6 is 0 Å². The molecule has 14 heavy (non-hydrogen) atoms. The fourth-order valence-electron chi connectivity index (χ4n) is 1.72. The summed E-state index contributed by atoms with van der Waals surface area (Å²) < 4.78 is 1.87. The highest BCUT2D eigenvalue weighted by molar-refractivity contribution is 5.36. The Kier molecular flexibility index (Phi) is 2.23. The summed E-state index contributed by atoms with van der Waals surface area (Å²) in [5, 5.41) is 7.61. The van der Waals surface area contributed by atoms with Crippen LogP contribution < -0.4 is 11.1 Å². The van der Waals surface area contributed by atoms with Crippen molar-refractivity contribution in [3.05, 3.63) is 11.8 Å². The van der Waals surface area contributed by atoms with Gasteiger partial charge in [-0.3, -0.25) is 4.68 Å². The van der Waals surface area contributed by atoms with Crippen LogP contribution in [0.5, 0.6) is 0 Å². The van der Waals surface area contributed by atoms with Crippen LogP contribution in [-0.4, -0.2) is 21.9 Å². The van der Waals surface area contributed by atoms with E-state index in [1.165, 1.54) is 6.42 Å². The van der Waals surface area contributed by atoms with Crippen LogP contribution in [0.4, 0.5) is 5.82 Å². The first-order chi connectivity index (χ1) is 6.59. The molecular formula is C10H18N4. The van der Waals surface area contributed by atoms with Crippen LogP contribution in [0.25, 0.3) is 0 Å². The molecule has 1 aromatic rings. The number of hydrogen-bond donors (Lipinski definition) is 2. The lowest BCUT2D eigenvalue weighted by atomic mass is 9.78. The average Bonchev–Trinajstić information content (AvgIpc) is 2.40. The summed E-state index contributed by atoms with van der Waals surface area (Å²) >= 11 is 0. The molecule has 0 amide bonds. The molecule has 0 bridgehead atoms. The van der Waals surface area contributed by atoms with E-state index in [4.69, 9.17) is 5.73 Å². The number of rotatable bonds is 3. The minimum atomic E-state index is 0.0193. The van der Waals surface area contributed by atoms with Gasteiger partial charge in [-0.05, 0) is 26.2 Å². The topological polar surface area (TPSA) is 55.9 Å². The quantitative estimate of drug-likeness (QED) is 0.755. The van der Waals surface area contributed by atoms with E-state index < -0.39 is 0 Å². The Bertz CT molecular complexity index is 305. The van der Waals surface area contributed by atoms with Gasteiger partial charge in [-0.25, -0.2) is 0 Å². The van der Waals surface area contributed by atoms with Crippen LogP contribution in [-0.2, 0) is 7.05 Å². The van der Waals surface area contributed by atoms with Crippen molar-refractivity contribution < 1.29 is 0 Å². The molecule has 0 radical (unpaired) electrons. The van der Waals surface area contributed by atoms with Crippen molar-refractivity contribution in [1.29, 1.82) is 0 Å². The van der Waals surface area contributed by atoms with Crippen molar-refractivity contribution in [3.8, 4) is 0 Å². The minimum absolute atomic E-state index is 0.0193. The molecule has 1 aromatic heterocycles. The molecule has 0 aliphatic heterocycles. The van der Waals surface area contributed by atoms with Gasteiger partial charge in [0, 0.05) is 30.9 Å². The van der Waals surface area contributed by atoms with Crippen molar-refractivity contribution in [1.82, 2.24) is 9.78 Å². The summed E-state index contributed by atoms with van der Waals surface area (Å²) in [5.41, 5.74) is 7.28. The largest absolute Gasteiger partial charge is 0.367 e. The number of aryl methyl sites for hydroxylation is 2. The summed E-state index contributed by atoms with van der Waals surface area (Å²) in [6, 6.07) is 2.04. The summed E-state index contributed by atoms with van der Waals surface area (Å²) in [4.78, 5) is 0. The van der Waals surface area contributed by atoms with E-state index >= 15 is 0 Å². The number of nitrogens with zero attached hydrogens (tertiary/aromatic N) is 2. The number of nitrogens with two attached hydrogens (primary N) is 1. The van der Waals surface area contributed by atoms with Gasteiger partial charge in [0.25, 0.3) is 0 Å². The number of anilines is 1. The van der Waals surface area contributed by atoms with Crippen molar-refractivity contribution in [2.24, 2.45) is 12.8 Å². The first kappa shape index (κ1) is 9.52. The van der Waals surface area contributed by atoms with E-state index in [1.807, 2.05) is 24.7 Å². The molecule has 0 atom stereocenters. The standard InChI is InChI=1S/C10H18N4/c1-8-6-9(13-14(8)2)12-7-10(11)4-3-5-10/h6H,3-5,7,11H2,1-2H3,(H,12,13). The van der Waals surface area contributed by atoms with Gasteiger partial charge in [0.2, 0.25) is 0 Å². The zero-order valence-electron chi connectivity index (χ0n) is 8.88. The second kappa shape index (κ2) is 3.28. The van der Waals surface area contributed by atoms with Crippen molar-refractivity contribution in [3.63, 3.8) is 0 Å². The molecule has 4 nitrogen and oxygen atoms in total. The number of hydrogen-bond acceptors (Lipinski definition) is 3. The lowest BCUT2D eigenvalue weighted by Crippen LogP contribution is -2.52. The molecule has 1 heterocycles. The van der Waals surface area contributed by atoms with Gasteiger partial charge in [-0.15, -0.1) is 0 Å². The molecule has 0 aromatic carbocycles. The fourth-order valence-corrected chi connectivity index (χ4v) is 1.72. The highest BCUT2D eigenvalue weighted by atomic mass is 15.3. The third kappa shape index (κ3) is 1.75. The molecular weight excluding hydrogens is 176 g/mol. The van der Waals surface area contributed by atoms with Crippen molar-refractivity contribution in [2.75, 3.05) is 11.9 Å². The third-order valence-electron chi connectivity index (χ3n) is 3.08. The Morgan fingerprint density at radius 3 is 2.79 bits per heavy atom. The van der Waals surface area contributed by atoms with E-state index in [0.717, 1.165) is 30.9 Å². The smallest absolute Gasteiger partial charge is 0.148 e. The summed E-state index contributed by atoms with van der Waals surface area (Å²) in [7, 11) is 1.95. The van der Waals surface area contributed by atoms with Crippen LogP contribution in [0, 0.1) is 6.92 Å². The average molecular weight is 194 g/mol. The van der Waals surface area contributed by atoms with Gasteiger partial charge in [0.15, 0.2) is 0 Å². The number of nitrogens with one attached hydrogen (secondary N) is 1. The SMILES string of the molecule is Cc1cc(NCC2(N)CCC2)nn1C. The molecule has 78 valence electrons. The Balaban J connectivity index is 1.91. The van der Waals surface area contributed by atoms with Gasteiger partial charge >= 0.3 is 0 Å². The molecule has 2 rings (SSSR count). The monoisotopic (exact) mass is 194 g/mol. The van der Waals surface area contributed by atoms with E-state index in [1.54, 1.807) is 0 Å². The zero-order chi connectivity index (χ0) is 10.2. The molecule has 4 heteroatoms. The van der Waals surface area contributed by atoms with Crippen molar-refractivity contribution in [2.45, 2.75) is 31.7 Å². The maximum atomic E-state index is 6.10. The molecule has 1 saturated carbocycles. The predicted molar refractivity (Wildman–Crippen MR) is 57.2 cm³/mol. The molecule has 0 saturated heterocycles. The molecule has 1 aliphatic carbocycles. The third-order valence-corrected chi connectivity index (χ3v) is 3.08. The Labute approximate surface area is 84.5 Å². The van der Waals surface area contributed by atoms with Gasteiger partial charge in [-0.2, -0.15) is 5.10 Å². The predicted octanol–water partition coefficient (Wildman–Crippen LogP) is 1.02. The lowest BCUT2D eigenvalue weighted by molar-refractivity contribution is 0.265. The van der Waals surface area contributed by atoms with Crippen LogP contribution in [0.1, 0.15) is 25.0 Å². The van der Waals surface area contributed by atoms with Gasteiger partial charge in [0.05, 0.1) is 0 Å². The van der Waals surface area contributed by atoms with Crippen LogP contribution in [0.15, 0.2) is 6.07 Å². The van der Waals surface area contributed by atoms with Crippen LogP contribution in [0.3, 0.4) is 0 Å². The zero-order valence-corrected chi connectivity index (χ0v) is 8.88. The maximum Gasteiger partial charge on any atom is 0.148 e. The van der Waals surface area contributed by atoms with Gasteiger partial charge in [0.1, 0.15) is 5.82 Å². The van der Waals surface area contributed by atoms with E-state index in [2.05, 4.69) is 10.4 Å². The molecule has 0 spiro atoms. The van der Waals surface area contributed by atoms with E-state index in [0.29, 0.717) is 0 Å². The minimum Gasteiger partial charge on any atom is -0.367 e. The summed E-state index contributed by atoms with van der Waals surface area (Å²) in [5.74, 6) is 0.932. The van der Waals surface area contributed by atoms with Gasteiger partial charge in [-0.1, -0.05) is 0 Å². The first-order valence-electron chi connectivity index (χ1n) is 5.12. The Morgan fingerprint density at radius 2 is 2.36 bits per heavy atom. The lowest BCUT2D eigenvalue weighted by Gasteiger charge is -2.38. The van der Waals surface area contributed by atoms with Crippen LogP contribution in [0.2, 0.25) is 0 Å². The normalized spacial score (nSPS) is 19.1. The van der Waals surface area contributed by atoms with E-state index in [9.17, 15) is 0 Å². The Morgan fingerprint density at radius 1 is 1.64 bits per heavy atom. The number of aromatic nitrogens is 2. The second-order valence-corrected chi connectivity index (χ2v) is 4.36. The maximum absolute atomic E-state index is 6.10.